The van der Waals surface area contributed by atoms with Crippen LogP contribution in [-0.2, 0) is 11.3 Å². The molecule has 0 saturated carbocycles. The van der Waals surface area contributed by atoms with Gasteiger partial charge in [0, 0.05) is 7.05 Å². The highest BCUT2D eigenvalue weighted by Gasteiger charge is 2.02. The Balaban J connectivity index is 2.32. The molecular formula is C11H14N2O2. The Morgan fingerprint density at radius 3 is 2.67 bits per heavy atom. The van der Waals surface area contributed by atoms with Gasteiger partial charge >= 0.3 is 6.09 Å². The van der Waals surface area contributed by atoms with Crippen molar-refractivity contribution in [3.05, 3.63) is 48.3 Å². The maximum absolute atomic E-state index is 11.2. The molecule has 0 spiro atoms. The number of benzene rings is 1. The molecular weight excluding hydrogens is 192 g/mol. The minimum atomic E-state index is -0.516. The van der Waals surface area contributed by atoms with E-state index in [0.717, 1.165) is 5.56 Å². The molecule has 1 aromatic rings. The third-order valence-corrected chi connectivity index (χ3v) is 1.77. The SMILES string of the molecule is C=C(NC)NC(=O)OCc1ccccc1. The molecule has 0 saturated heterocycles. The van der Waals surface area contributed by atoms with Gasteiger partial charge in [-0.3, -0.25) is 5.32 Å². The van der Waals surface area contributed by atoms with E-state index in [4.69, 9.17) is 4.74 Å². The number of ether oxygens (including phenoxy) is 1. The van der Waals surface area contributed by atoms with Gasteiger partial charge in [0.25, 0.3) is 0 Å². The fourth-order valence-electron chi connectivity index (χ4n) is 0.945. The van der Waals surface area contributed by atoms with Gasteiger partial charge in [0.1, 0.15) is 12.4 Å². The Labute approximate surface area is 88.9 Å². The molecule has 0 atom stereocenters. The van der Waals surface area contributed by atoms with Crippen molar-refractivity contribution >= 4 is 6.09 Å². The molecule has 4 nitrogen and oxygen atoms in total. The first-order chi connectivity index (χ1) is 7.22. The number of amides is 1. The standard InChI is InChI=1S/C11H14N2O2/c1-9(12-2)13-11(14)15-8-10-6-4-3-5-7-10/h3-7,12H,1,8H2,2H3,(H,13,14). The average molecular weight is 206 g/mol. The lowest BCUT2D eigenvalue weighted by Gasteiger charge is -2.08. The van der Waals surface area contributed by atoms with E-state index in [2.05, 4.69) is 17.2 Å². The second-order valence-electron chi connectivity index (χ2n) is 2.92. The Kier molecular flexibility index (Phi) is 4.22. The predicted octanol–water partition coefficient (Wildman–Crippen LogP) is 1.60. The Hall–Kier alpha value is -1.97. The Morgan fingerprint density at radius 1 is 1.40 bits per heavy atom. The molecule has 0 aliphatic rings. The van der Waals surface area contributed by atoms with E-state index < -0.39 is 6.09 Å². The minimum absolute atomic E-state index is 0.254. The zero-order valence-electron chi connectivity index (χ0n) is 8.62. The van der Waals surface area contributed by atoms with Crippen LogP contribution in [0.4, 0.5) is 4.79 Å². The van der Waals surface area contributed by atoms with Crippen LogP contribution in [0.15, 0.2) is 42.7 Å². The summed E-state index contributed by atoms with van der Waals surface area (Å²) in [6.45, 7) is 3.80. The summed E-state index contributed by atoms with van der Waals surface area (Å²) in [5.41, 5.74) is 0.947. The summed E-state index contributed by atoms with van der Waals surface area (Å²) in [5, 5.41) is 5.12. The van der Waals surface area contributed by atoms with Crippen molar-refractivity contribution in [2.75, 3.05) is 7.05 Å². The van der Waals surface area contributed by atoms with Crippen LogP contribution in [0, 0.1) is 0 Å². The number of hydrogen-bond donors (Lipinski definition) is 2. The number of hydrogen-bond acceptors (Lipinski definition) is 3. The Bertz CT molecular complexity index is 336. The maximum Gasteiger partial charge on any atom is 0.413 e. The van der Waals surface area contributed by atoms with Gasteiger partial charge in [0.15, 0.2) is 0 Å². The van der Waals surface area contributed by atoms with Crippen molar-refractivity contribution < 1.29 is 9.53 Å². The molecule has 1 amide bonds. The van der Waals surface area contributed by atoms with Crippen LogP contribution in [-0.4, -0.2) is 13.1 Å². The highest BCUT2D eigenvalue weighted by molar-refractivity contribution is 5.69. The van der Waals surface area contributed by atoms with E-state index >= 15 is 0 Å². The fourth-order valence-corrected chi connectivity index (χ4v) is 0.945. The molecule has 0 aliphatic carbocycles. The summed E-state index contributed by atoms with van der Waals surface area (Å²) in [6.07, 6.45) is -0.516. The molecule has 0 bridgehead atoms. The quantitative estimate of drug-likeness (QED) is 0.786. The molecule has 1 rings (SSSR count). The number of nitrogens with one attached hydrogen (secondary N) is 2. The smallest absolute Gasteiger partial charge is 0.413 e. The zero-order valence-corrected chi connectivity index (χ0v) is 8.62. The average Bonchev–Trinajstić information content (AvgIpc) is 2.27. The topological polar surface area (TPSA) is 50.4 Å². The normalized spacial score (nSPS) is 9.13. The van der Waals surface area contributed by atoms with E-state index in [-0.39, 0.29) is 6.61 Å². The molecule has 0 aliphatic heterocycles. The molecule has 0 heterocycles. The van der Waals surface area contributed by atoms with Crippen LogP contribution in [0.5, 0.6) is 0 Å². The van der Waals surface area contributed by atoms with Crippen molar-refractivity contribution in [2.45, 2.75) is 6.61 Å². The van der Waals surface area contributed by atoms with Crippen molar-refractivity contribution in [3.63, 3.8) is 0 Å². The van der Waals surface area contributed by atoms with E-state index in [1.54, 1.807) is 7.05 Å². The van der Waals surface area contributed by atoms with Crippen molar-refractivity contribution in [1.82, 2.24) is 10.6 Å². The fraction of sp³-hybridized carbons (Fsp3) is 0.182. The van der Waals surface area contributed by atoms with Gasteiger partial charge in [-0.25, -0.2) is 4.79 Å². The number of alkyl carbamates (subject to hydrolysis) is 1. The van der Waals surface area contributed by atoms with Gasteiger partial charge in [-0.2, -0.15) is 0 Å². The van der Waals surface area contributed by atoms with Crippen molar-refractivity contribution in [2.24, 2.45) is 0 Å². The van der Waals surface area contributed by atoms with Crippen LogP contribution in [0.1, 0.15) is 5.56 Å². The predicted molar refractivity (Wildman–Crippen MR) is 58.0 cm³/mol. The lowest BCUT2D eigenvalue weighted by molar-refractivity contribution is 0.142. The molecule has 0 aromatic heterocycles. The second-order valence-corrected chi connectivity index (χ2v) is 2.92. The van der Waals surface area contributed by atoms with Crippen LogP contribution in [0.2, 0.25) is 0 Å². The second kappa shape index (κ2) is 5.70. The number of carbonyl (C=O) groups is 1. The molecule has 4 heteroatoms. The maximum atomic E-state index is 11.2. The van der Waals surface area contributed by atoms with Gasteiger partial charge in [-0.1, -0.05) is 36.9 Å². The lowest BCUT2D eigenvalue weighted by Crippen LogP contribution is -2.29. The summed E-state index contributed by atoms with van der Waals surface area (Å²) in [6, 6.07) is 9.47. The van der Waals surface area contributed by atoms with E-state index in [1.165, 1.54) is 0 Å². The van der Waals surface area contributed by atoms with Crippen LogP contribution < -0.4 is 10.6 Å². The molecule has 0 radical (unpaired) electrons. The van der Waals surface area contributed by atoms with E-state index in [9.17, 15) is 4.79 Å². The third-order valence-electron chi connectivity index (χ3n) is 1.77. The van der Waals surface area contributed by atoms with Crippen LogP contribution in [0.3, 0.4) is 0 Å². The zero-order chi connectivity index (χ0) is 11.1. The van der Waals surface area contributed by atoms with Crippen molar-refractivity contribution in [1.29, 1.82) is 0 Å². The van der Waals surface area contributed by atoms with Gasteiger partial charge in [-0.05, 0) is 5.56 Å². The number of carbonyl (C=O) groups excluding carboxylic acids is 1. The van der Waals surface area contributed by atoms with Gasteiger partial charge < -0.3 is 10.1 Å². The highest BCUT2D eigenvalue weighted by Crippen LogP contribution is 2.00. The molecule has 0 fully saturated rings. The molecule has 1 aromatic carbocycles. The number of rotatable bonds is 4. The summed E-state index contributed by atoms with van der Waals surface area (Å²) >= 11 is 0. The summed E-state index contributed by atoms with van der Waals surface area (Å²) in [4.78, 5) is 11.2. The van der Waals surface area contributed by atoms with Gasteiger partial charge in [-0.15, -0.1) is 0 Å². The largest absolute Gasteiger partial charge is 0.444 e. The molecule has 15 heavy (non-hydrogen) atoms. The summed E-state index contributed by atoms with van der Waals surface area (Å²) < 4.78 is 4.95. The summed E-state index contributed by atoms with van der Waals surface area (Å²) in [7, 11) is 1.67. The summed E-state index contributed by atoms with van der Waals surface area (Å²) in [5.74, 6) is 0.410. The van der Waals surface area contributed by atoms with Crippen LogP contribution in [0.25, 0.3) is 0 Å². The molecule has 80 valence electrons. The van der Waals surface area contributed by atoms with Gasteiger partial charge in [0.2, 0.25) is 0 Å². The van der Waals surface area contributed by atoms with E-state index in [1.807, 2.05) is 30.3 Å². The lowest BCUT2D eigenvalue weighted by atomic mass is 10.2. The molecule has 2 N–H and O–H groups in total. The first-order valence-electron chi connectivity index (χ1n) is 4.56. The Morgan fingerprint density at radius 2 is 2.07 bits per heavy atom. The third kappa shape index (κ3) is 4.17. The minimum Gasteiger partial charge on any atom is -0.444 e. The van der Waals surface area contributed by atoms with Crippen LogP contribution >= 0.6 is 0 Å². The van der Waals surface area contributed by atoms with Crippen molar-refractivity contribution in [3.8, 4) is 0 Å². The first-order valence-corrected chi connectivity index (χ1v) is 4.56. The molecule has 0 unspecified atom stereocenters. The first kappa shape index (κ1) is 11.1. The highest BCUT2D eigenvalue weighted by atomic mass is 16.5. The van der Waals surface area contributed by atoms with E-state index in [0.29, 0.717) is 5.82 Å². The van der Waals surface area contributed by atoms with Gasteiger partial charge in [0.05, 0.1) is 0 Å². The monoisotopic (exact) mass is 206 g/mol.